The number of benzene rings is 1. The zero-order chi connectivity index (χ0) is 14.7. The normalized spacial score (nSPS) is 11.1. The monoisotopic (exact) mass is 268 g/mol. The van der Waals surface area contributed by atoms with E-state index in [0.717, 1.165) is 5.56 Å². The molecular weight excluding hydrogens is 248 g/mol. The van der Waals surface area contributed by atoms with Crippen molar-refractivity contribution in [3.05, 3.63) is 35.9 Å². The largest absolute Gasteiger partial charge is 0.481 e. The molecule has 1 aromatic rings. The van der Waals surface area contributed by atoms with Crippen molar-refractivity contribution in [1.29, 1.82) is 0 Å². The Hall–Kier alpha value is -1.92. The Morgan fingerprint density at radius 2 is 1.74 bits per heavy atom. The van der Waals surface area contributed by atoms with Gasteiger partial charge in [0.2, 0.25) is 0 Å². The molecule has 0 aromatic heterocycles. The molecule has 0 aliphatic carbocycles. The van der Waals surface area contributed by atoms with E-state index in [1.165, 1.54) is 0 Å². The highest BCUT2D eigenvalue weighted by molar-refractivity contribution is 5.72. The summed E-state index contributed by atoms with van der Waals surface area (Å²) in [5, 5.41) is 16.6. The van der Waals surface area contributed by atoms with Gasteiger partial charge in [0.1, 0.15) is 6.04 Å². The average molecular weight is 268 g/mol. The first kappa shape index (κ1) is 17.1. The summed E-state index contributed by atoms with van der Waals surface area (Å²) in [7, 11) is 0. The van der Waals surface area contributed by atoms with E-state index < -0.39 is 18.0 Å². The van der Waals surface area contributed by atoms with Crippen LogP contribution in [-0.4, -0.2) is 34.7 Å². The van der Waals surface area contributed by atoms with Gasteiger partial charge < -0.3 is 21.7 Å². The number of hydrogen-bond acceptors (Lipinski definition) is 4. The van der Waals surface area contributed by atoms with Crippen molar-refractivity contribution in [3.8, 4) is 0 Å². The van der Waals surface area contributed by atoms with Gasteiger partial charge in [-0.3, -0.25) is 9.59 Å². The molecule has 0 saturated heterocycles. The molecule has 0 amide bonds. The lowest BCUT2D eigenvalue weighted by Gasteiger charge is -2.02. The number of aliphatic carboxylic acids is 2. The second-order valence-electron chi connectivity index (χ2n) is 3.93. The highest BCUT2D eigenvalue weighted by atomic mass is 16.4. The molecule has 1 aromatic carbocycles. The van der Waals surface area contributed by atoms with Crippen LogP contribution < -0.4 is 11.5 Å². The van der Waals surface area contributed by atoms with E-state index in [2.05, 4.69) is 0 Å². The second-order valence-corrected chi connectivity index (χ2v) is 3.93. The first-order chi connectivity index (χ1) is 8.97. The first-order valence-electron chi connectivity index (χ1n) is 5.91. The van der Waals surface area contributed by atoms with Crippen molar-refractivity contribution in [1.82, 2.24) is 0 Å². The molecule has 0 radical (unpaired) electrons. The first-order valence-corrected chi connectivity index (χ1v) is 5.91. The quantitative estimate of drug-likeness (QED) is 0.593. The molecule has 0 aliphatic rings. The van der Waals surface area contributed by atoms with Crippen molar-refractivity contribution >= 4 is 11.9 Å². The van der Waals surface area contributed by atoms with Gasteiger partial charge in [0, 0.05) is 0 Å². The van der Waals surface area contributed by atoms with Crippen LogP contribution in [0.25, 0.3) is 0 Å². The van der Waals surface area contributed by atoms with E-state index >= 15 is 0 Å². The van der Waals surface area contributed by atoms with Crippen molar-refractivity contribution in [2.24, 2.45) is 11.5 Å². The fraction of sp³-hybridized carbons (Fsp3) is 0.385. The molecule has 6 N–H and O–H groups in total. The third-order valence-corrected chi connectivity index (χ3v) is 2.23. The van der Waals surface area contributed by atoms with Crippen LogP contribution in [0.4, 0.5) is 0 Å². The molecule has 1 atom stereocenters. The summed E-state index contributed by atoms with van der Waals surface area (Å²) < 4.78 is 0. The third kappa shape index (κ3) is 9.75. The molecule has 0 fully saturated rings. The van der Waals surface area contributed by atoms with Crippen LogP contribution in [0.3, 0.4) is 0 Å². The molecule has 0 aliphatic heterocycles. The average Bonchev–Trinajstić information content (AvgIpc) is 2.37. The van der Waals surface area contributed by atoms with Crippen LogP contribution in [0.15, 0.2) is 30.3 Å². The molecule has 19 heavy (non-hydrogen) atoms. The Labute approximate surface area is 112 Å². The van der Waals surface area contributed by atoms with Gasteiger partial charge in [-0.05, 0) is 24.9 Å². The summed E-state index contributed by atoms with van der Waals surface area (Å²) in [6.07, 6.45) is 1.25. The lowest BCUT2D eigenvalue weighted by molar-refractivity contribution is -0.139. The SMILES string of the molecule is NCCC[C@H](N)C(=O)O.O=C(O)Cc1ccccc1. The van der Waals surface area contributed by atoms with Crippen molar-refractivity contribution < 1.29 is 19.8 Å². The van der Waals surface area contributed by atoms with Gasteiger partial charge in [-0.15, -0.1) is 0 Å². The molecule has 0 bridgehead atoms. The van der Waals surface area contributed by atoms with Crippen molar-refractivity contribution in [3.63, 3.8) is 0 Å². The molecule has 6 nitrogen and oxygen atoms in total. The summed E-state index contributed by atoms with van der Waals surface area (Å²) in [6.45, 7) is 0.501. The van der Waals surface area contributed by atoms with Gasteiger partial charge >= 0.3 is 11.9 Å². The summed E-state index contributed by atoms with van der Waals surface area (Å²) in [4.78, 5) is 20.2. The second kappa shape index (κ2) is 10.0. The maximum Gasteiger partial charge on any atom is 0.320 e. The van der Waals surface area contributed by atoms with Crippen molar-refractivity contribution in [2.45, 2.75) is 25.3 Å². The number of nitrogens with two attached hydrogens (primary N) is 2. The van der Waals surface area contributed by atoms with Gasteiger partial charge in [-0.1, -0.05) is 30.3 Å². The van der Waals surface area contributed by atoms with Crippen LogP contribution in [0.1, 0.15) is 18.4 Å². The van der Waals surface area contributed by atoms with Crippen LogP contribution in [0, 0.1) is 0 Å². The molecule has 0 heterocycles. The topological polar surface area (TPSA) is 127 Å². The van der Waals surface area contributed by atoms with Crippen LogP contribution in [0.2, 0.25) is 0 Å². The van der Waals surface area contributed by atoms with Crippen molar-refractivity contribution in [2.75, 3.05) is 6.54 Å². The van der Waals surface area contributed by atoms with E-state index in [0.29, 0.717) is 19.4 Å². The zero-order valence-electron chi connectivity index (χ0n) is 10.7. The summed E-state index contributed by atoms with van der Waals surface area (Å²) in [5.41, 5.74) is 11.1. The minimum Gasteiger partial charge on any atom is -0.481 e. The van der Waals surface area contributed by atoms with E-state index in [1.54, 1.807) is 12.1 Å². The van der Waals surface area contributed by atoms with Gasteiger partial charge in [0.15, 0.2) is 0 Å². The van der Waals surface area contributed by atoms with Gasteiger partial charge in [-0.2, -0.15) is 0 Å². The number of carbonyl (C=O) groups is 2. The molecule has 0 saturated carbocycles. The number of carboxylic acid groups (broad SMARTS) is 2. The highest BCUT2D eigenvalue weighted by Gasteiger charge is 2.08. The minimum absolute atomic E-state index is 0.112. The molecule has 0 spiro atoms. The summed E-state index contributed by atoms with van der Waals surface area (Å²) in [6, 6.07) is 8.39. The third-order valence-electron chi connectivity index (χ3n) is 2.23. The number of hydrogen-bond donors (Lipinski definition) is 4. The van der Waals surface area contributed by atoms with E-state index in [4.69, 9.17) is 21.7 Å². The maximum absolute atomic E-state index is 10.2. The Balaban J connectivity index is 0.000000344. The van der Waals surface area contributed by atoms with Gasteiger partial charge in [-0.25, -0.2) is 0 Å². The molecule has 6 heteroatoms. The lowest BCUT2D eigenvalue weighted by atomic mass is 10.2. The zero-order valence-corrected chi connectivity index (χ0v) is 10.7. The lowest BCUT2D eigenvalue weighted by Crippen LogP contribution is -2.30. The Kier molecular flexibility index (Phi) is 9.03. The predicted octanol–water partition coefficient (Wildman–Crippen LogP) is 0.451. The number of rotatable bonds is 6. The predicted molar refractivity (Wildman–Crippen MR) is 71.7 cm³/mol. The fourth-order valence-corrected chi connectivity index (χ4v) is 1.23. The Bertz CT molecular complexity index is 381. The van der Waals surface area contributed by atoms with E-state index in [9.17, 15) is 9.59 Å². The van der Waals surface area contributed by atoms with E-state index in [1.807, 2.05) is 18.2 Å². The van der Waals surface area contributed by atoms with Crippen LogP contribution >= 0.6 is 0 Å². The standard InChI is InChI=1S/C8H8O2.C5H12N2O2/c9-8(10)6-7-4-2-1-3-5-7;6-3-1-2-4(7)5(8)9/h1-5H,6H2,(H,9,10);4H,1-3,6-7H2,(H,8,9)/t;4-/m.0/s1. The van der Waals surface area contributed by atoms with Gasteiger partial charge in [0.05, 0.1) is 6.42 Å². The summed E-state index contributed by atoms with van der Waals surface area (Å²) in [5.74, 6) is -1.74. The fourth-order valence-electron chi connectivity index (χ4n) is 1.23. The van der Waals surface area contributed by atoms with Crippen LogP contribution in [-0.2, 0) is 16.0 Å². The maximum atomic E-state index is 10.2. The number of carboxylic acids is 2. The Morgan fingerprint density at radius 1 is 1.16 bits per heavy atom. The smallest absolute Gasteiger partial charge is 0.320 e. The molecule has 1 rings (SSSR count). The minimum atomic E-state index is -0.955. The van der Waals surface area contributed by atoms with Gasteiger partial charge in [0.25, 0.3) is 0 Å². The molecule has 106 valence electrons. The molecular formula is C13H20N2O4. The Morgan fingerprint density at radius 3 is 2.16 bits per heavy atom. The van der Waals surface area contributed by atoms with E-state index in [-0.39, 0.29) is 6.42 Å². The molecule has 0 unspecified atom stereocenters. The highest BCUT2D eigenvalue weighted by Crippen LogP contribution is 1.98. The summed E-state index contributed by atoms with van der Waals surface area (Å²) >= 11 is 0. The van der Waals surface area contributed by atoms with Crippen LogP contribution in [0.5, 0.6) is 0 Å².